The molecule has 1 N–H and O–H groups in total. The molecule has 0 aliphatic carbocycles. The van der Waals surface area contributed by atoms with Crippen molar-refractivity contribution in [1.82, 2.24) is 0 Å². The van der Waals surface area contributed by atoms with Gasteiger partial charge in [-0.3, -0.25) is 0 Å². The van der Waals surface area contributed by atoms with Gasteiger partial charge in [0.15, 0.2) is 5.79 Å². The molecule has 4 atom stereocenters. The largest absolute Gasteiger partial charge is 0.497 e. The van der Waals surface area contributed by atoms with Crippen LogP contribution in [0.25, 0.3) is 0 Å². The molecule has 0 aromatic heterocycles. The van der Waals surface area contributed by atoms with E-state index >= 15 is 0 Å². The first-order valence-electron chi connectivity index (χ1n) is 17.6. The second kappa shape index (κ2) is 17.2. The Morgan fingerprint density at radius 3 is 1.67 bits per heavy atom. The summed E-state index contributed by atoms with van der Waals surface area (Å²) in [6.45, 7) is 4.95. The van der Waals surface area contributed by atoms with Gasteiger partial charge in [0.05, 0.1) is 33.0 Å². The van der Waals surface area contributed by atoms with E-state index in [1.54, 1.807) is 7.11 Å². The Hall–Kier alpha value is -4.34. The Kier molecular flexibility index (Phi) is 12.3. The summed E-state index contributed by atoms with van der Waals surface area (Å²) in [5, 5.41) is 12.0. The Bertz CT molecular complexity index is 1630. The minimum atomic E-state index is -1.05. The zero-order valence-corrected chi connectivity index (χ0v) is 29.6. The molecule has 1 aliphatic heterocycles. The molecule has 51 heavy (non-hydrogen) atoms. The van der Waals surface area contributed by atoms with E-state index in [1.165, 1.54) is 0 Å². The summed E-state index contributed by atoms with van der Waals surface area (Å²) in [6, 6.07) is 48.3. The normalized spacial score (nSPS) is 18.3. The molecule has 266 valence electrons. The predicted octanol–water partition coefficient (Wildman–Crippen LogP) is 8.08. The van der Waals surface area contributed by atoms with Gasteiger partial charge in [-0.2, -0.15) is 0 Å². The van der Waals surface area contributed by atoms with Gasteiger partial charge in [-0.15, -0.1) is 0 Å². The maximum Gasteiger partial charge on any atom is 0.164 e. The molecule has 0 spiro atoms. The SMILES string of the molecule is COc1ccc(CO[C@H](CCOCc2ccccc2)[C@H]2OC(C)(C)O[C@@H]2[C@H](O)COC(c2ccccc2)(c2ccccc2)c2ccccc2)cc1. The first-order chi connectivity index (χ1) is 24.9. The summed E-state index contributed by atoms with van der Waals surface area (Å²) in [4.78, 5) is 0. The fraction of sp³-hybridized carbons (Fsp3) is 0.318. The number of rotatable bonds is 17. The molecule has 1 heterocycles. The standard InChI is InChI=1S/C44H48O7/c1-43(2)50-41(39(45)32-49-44(35-18-10-5-11-19-35,36-20-12-6-13-21-36)37-22-14-7-15-23-37)42(51-43)40(28-29-47-30-33-16-8-4-9-17-33)48-31-34-24-26-38(46-3)27-25-34/h4-27,39-42,45H,28-32H2,1-3H3/t39-,40-,41-,42-/m1/s1. The van der Waals surface area contributed by atoms with Crippen LogP contribution in [0.15, 0.2) is 146 Å². The summed E-state index contributed by atoms with van der Waals surface area (Å²) in [7, 11) is 1.65. The summed E-state index contributed by atoms with van der Waals surface area (Å²) >= 11 is 0. The molecule has 0 unspecified atom stereocenters. The number of methoxy groups -OCH3 is 1. The first-order valence-corrected chi connectivity index (χ1v) is 17.6. The number of aliphatic hydroxyl groups excluding tert-OH is 1. The lowest BCUT2D eigenvalue weighted by atomic mass is 9.80. The Morgan fingerprint density at radius 2 is 1.14 bits per heavy atom. The van der Waals surface area contributed by atoms with E-state index < -0.39 is 35.8 Å². The summed E-state index contributed by atoms with van der Waals surface area (Å²) < 4.78 is 38.0. The molecule has 0 bridgehead atoms. The van der Waals surface area contributed by atoms with Crippen molar-refractivity contribution >= 4 is 0 Å². The van der Waals surface area contributed by atoms with Crippen LogP contribution in [0.3, 0.4) is 0 Å². The highest BCUT2D eigenvalue weighted by Crippen LogP contribution is 2.41. The lowest BCUT2D eigenvalue weighted by molar-refractivity contribution is -0.168. The Balaban J connectivity index is 1.25. The topological polar surface area (TPSA) is 75.6 Å². The zero-order valence-electron chi connectivity index (χ0n) is 29.6. The molecular formula is C44H48O7. The second-order valence-electron chi connectivity index (χ2n) is 13.2. The van der Waals surface area contributed by atoms with Crippen LogP contribution in [0, 0.1) is 0 Å². The van der Waals surface area contributed by atoms with Crippen molar-refractivity contribution in [3.05, 3.63) is 173 Å². The summed E-state index contributed by atoms with van der Waals surface area (Å²) in [5.41, 5.74) is 3.94. The van der Waals surface area contributed by atoms with Gasteiger partial charge >= 0.3 is 0 Å². The number of benzene rings is 5. The van der Waals surface area contributed by atoms with Gasteiger partial charge < -0.3 is 33.5 Å². The molecule has 0 saturated carbocycles. The molecule has 1 fully saturated rings. The van der Waals surface area contributed by atoms with Crippen molar-refractivity contribution in [2.75, 3.05) is 20.3 Å². The molecule has 6 rings (SSSR count). The van der Waals surface area contributed by atoms with E-state index in [-0.39, 0.29) is 6.61 Å². The summed E-state index contributed by atoms with van der Waals surface area (Å²) in [5.74, 6) is -0.183. The number of hydrogen-bond donors (Lipinski definition) is 1. The number of ether oxygens (including phenoxy) is 6. The van der Waals surface area contributed by atoms with E-state index in [2.05, 4.69) is 36.4 Å². The van der Waals surface area contributed by atoms with Crippen LogP contribution in [-0.4, -0.2) is 55.6 Å². The van der Waals surface area contributed by atoms with Crippen molar-refractivity contribution in [3.8, 4) is 5.75 Å². The van der Waals surface area contributed by atoms with Gasteiger partial charge in [0.2, 0.25) is 0 Å². The monoisotopic (exact) mass is 688 g/mol. The van der Waals surface area contributed by atoms with E-state index in [9.17, 15) is 5.11 Å². The molecule has 1 saturated heterocycles. The van der Waals surface area contributed by atoms with Crippen molar-refractivity contribution < 1.29 is 33.5 Å². The van der Waals surface area contributed by atoms with Crippen LogP contribution in [0.5, 0.6) is 5.75 Å². The van der Waals surface area contributed by atoms with Crippen LogP contribution in [0.4, 0.5) is 0 Å². The maximum atomic E-state index is 12.0. The third-order valence-corrected chi connectivity index (χ3v) is 9.20. The van der Waals surface area contributed by atoms with E-state index in [1.807, 2.05) is 123 Å². The highest BCUT2D eigenvalue weighted by atomic mass is 16.8. The molecular weight excluding hydrogens is 640 g/mol. The lowest BCUT2D eigenvalue weighted by Crippen LogP contribution is -2.47. The quantitative estimate of drug-likeness (QED) is 0.0782. The fourth-order valence-corrected chi connectivity index (χ4v) is 6.71. The van der Waals surface area contributed by atoms with E-state index in [0.717, 1.165) is 33.6 Å². The average Bonchev–Trinajstić information content (AvgIpc) is 3.51. The molecule has 5 aromatic rings. The van der Waals surface area contributed by atoms with Gasteiger partial charge in [0.25, 0.3) is 0 Å². The number of hydrogen-bond acceptors (Lipinski definition) is 7. The molecule has 5 aromatic carbocycles. The third kappa shape index (κ3) is 9.13. The molecule has 0 amide bonds. The zero-order chi connectivity index (χ0) is 35.5. The van der Waals surface area contributed by atoms with Crippen molar-refractivity contribution in [2.45, 2.75) is 69.3 Å². The van der Waals surface area contributed by atoms with Crippen LogP contribution in [0.2, 0.25) is 0 Å². The lowest BCUT2D eigenvalue weighted by Gasteiger charge is -2.37. The number of aliphatic hydroxyl groups is 1. The van der Waals surface area contributed by atoms with Gasteiger partial charge in [0, 0.05) is 6.61 Å². The molecule has 7 nitrogen and oxygen atoms in total. The summed E-state index contributed by atoms with van der Waals surface area (Å²) in [6.07, 6.45) is -2.32. The van der Waals surface area contributed by atoms with Crippen LogP contribution in [-0.2, 0) is 42.5 Å². The molecule has 0 radical (unpaired) electrons. The van der Waals surface area contributed by atoms with Crippen LogP contribution >= 0.6 is 0 Å². The Labute approximate surface area is 301 Å². The predicted molar refractivity (Wildman–Crippen MR) is 197 cm³/mol. The Morgan fingerprint density at radius 1 is 0.647 bits per heavy atom. The van der Waals surface area contributed by atoms with Gasteiger partial charge in [-0.25, -0.2) is 0 Å². The van der Waals surface area contributed by atoms with Crippen molar-refractivity contribution in [1.29, 1.82) is 0 Å². The highest BCUT2D eigenvalue weighted by molar-refractivity contribution is 5.47. The second-order valence-corrected chi connectivity index (χ2v) is 13.2. The van der Waals surface area contributed by atoms with Crippen LogP contribution < -0.4 is 4.74 Å². The maximum absolute atomic E-state index is 12.0. The van der Waals surface area contributed by atoms with Crippen LogP contribution in [0.1, 0.15) is 48.1 Å². The van der Waals surface area contributed by atoms with E-state index in [0.29, 0.717) is 26.2 Å². The minimum absolute atomic E-state index is 0.0327. The first kappa shape index (κ1) is 36.5. The van der Waals surface area contributed by atoms with E-state index in [4.69, 9.17) is 28.4 Å². The smallest absolute Gasteiger partial charge is 0.164 e. The highest BCUT2D eigenvalue weighted by Gasteiger charge is 2.49. The third-order valence-electron chi connectivity index (χ3n) is 9.20. The average molecular weight is 689 g/mol. The van der Waals surface area contributed by atoms with Crippen molar-refractivity contribution in [2.24, 2.45) is 0 Å². The minimum Gasteiger partial charge on any atom is -0.497 e. The van der Waals surface area contributed by atoms with Gasteiger partial charge in [0.1, 0.15) is 29.7 Å². The molecule has 7 heteroatoms. The molecule has 1 aliphatic rings. The van der Waals surface area contributed by atoms with Gasteiger partial charge in [-0.05, 0) is 60.2 Å². The van der Waals surface area contributed by atoms with Crippen molar-refractivity contribution in [3.63, 3.8) is 0 Å². The van der Waals surface area contributed by atoms with Gasteiger partial charge in [-0.1, -0.05) is 133 Å². The fourth-order valence-electron chi connectivity index (χ4n) is 6.71.